The lowest BCUT2D eigenvalue weighted by Crippen LogP contribution is -2.37. The van der Waals surface area contributed by atoms with Gasteiger partial charge in [-0.25, -0.2) is 8.42 Å². The summed E-state index contributed by atoms with van der Waals surface area (Å²) in [7, 11) is -3.55. The summed E-state index contributed by atoms with van der Waals surface area (Å²) in [6, 6.07) is 7.43. The first-order chi connectivity index (χ1) is 17.0. The van der Waals surface area contributed by atoms with E-state index in [1.807, 2.05) is 26.0 Å². The highest BCUT2D eigenvalue weighted by molar-refractivity contribution is 7.89. The number of sulfonamides is 1. The Labute approximate surface area is 215 Å². The standard InChI is InChI=1S/C28H40N2O5S/c1-18(2)34-27-24(35-27)17-30-19(3)21(26-22(30)15-28(4,5)16-23(26)31)14-20-10-6-7-11-25(20)36(32,33)29-12-8-9-13-29/h6-7,10-11,18-19,21,24,27H,8-9,12-17H2,1-5H3. The van der Waals surface area contributed by atoms with Crippen molar-refractivity contribution in [2.24, 2.45) is 11.3 Å². The summed E-state index contributed by atoms with van der Waals surface area (Å²) in [5, 5.41) is 0. The Morgan fingerprint density at radius 1 is 1.14 bits per heavy atom. The lowest BCUT2D eigenvalue weighted by molar-refractivity contribution is -0.118. The summed E-state index contributed by atoms with van der Waals surface area (Å²) in [6.07, 6.45) is 3.60. The van der Waals surface area contributed by atoms with Crippen molar-refractivity contribution in [1.29, 1.82) is 0 Å². The van der Waals surface area contributed by atoms with Gasteiger partial charge >= 0.3 is 0 Å². The van der Waals surface area contributed by atoms with E-state index in [0.717, 1.165) is 36.1 Å². The van der Waals surface area contributed by atoms with Gasteiger partial charge in [0.2, 0.25) is 10.0 Å². The molecular weight excluding hydrogens is 476 g/mol. The molecule has 5 rings (SSSR count). The number of allylic oxidation sites excluding steroid dienone is 1. The molecule has 0 spiro atoms. The van der Waals surface area contributed by atoms with E-state index in [9.17, 15) is 13.2 Å². The van der Waals surface area contributed by atoms with Crippen molar-refractivity contribution in [2.45, 2.75) is 96.2 Å². The van der Waals surface area contributed by atoms with Crippen molar-refractivity contribution in [2.75, 3.05) is 19.6 Å². The number of rotatable bonds is 8. The Morgan fingerprint density at radius 2 is 1.83 bits per heavy atom. The predicted molar refractivity (Wildman–Crippen MR) is 138 cm³/mol. The molecule has 0 bridgehead atoms. The van der Waals surface area contributed by atoms with Crippen molar-refractivity contribution >= 4 is 15.8 Å². The van der Waals surface area contributed by atoms with Crippen LogP contribution in [0, 0.1) is 11.3 Å². The number of nitrogens with zero attached hydrogens (tertiary/aromatic N) is 2. The quantitative estimate of drug-likeness (QED) is 0.484. The Hall–Kier alpha value is -1.74. The molecule has 36 heavy (non-hydrogen) atoms. The summed E-state index contributed by atoms with van der Waals surface area (Å²) in [5.41, 5.74) is 2.72. The molecule has 2 fully saturated rings. The number of hydrogen-bond acceptors (Lipinski definition) is 6. The molecule has 4 aliphatic rings. The molecule has 4 atom stereocenters. The predicted octanol–water partition coefficient (Wildman–Crippen LogP) is 4.13. The van der Waals surface area contributed by atoms with Crippen LogP contribution < -0.4 is 0 Å². The van der Waals surface area contributed by atoms with Crippen molar-refractivity contribution < 1.29 is 22.7 Å². The molecule has 0 radical (unpaired) electrons. The molecule has 1 aromatic carbocycles. The first-order valence-corrected chi connectivity index (χ1v) is 14.8. The minimum absolute atomic E-state index is 0.00896. The molecule has 0 saturated carbocycles. The number of Topliss-reactive ketones (excluding diaryl/α,β-unsaturated/α-hetero) is 1. The fraction of sp³-hybridized carbons (Fsp3) is 0.679. The van der Waals surface area contributed by atoms with Gasteiger partial charge in [0, 0.05) is 49.3 Å². The molecule has 0 amide bonds. The molecular formula is C28H40N2O5S. The van der Waals surface area contributed by atoms with E-state index < -0.39 is 10.0 Å². The monoisotopic (exact) mass is 516 g/mol. The first kappa shape index (κ1) is 25.9. The van der Waals surface area contributed by atoms with Gasteiger partial charge < -0.3 is 14.4 Å². The smallest absolute Gasteiger partial charge is 0.243 e. The van der Waals surface area contributed by atoms with Crippen LogP contribution in [0.25, 0.3) is 0 Å². The van der Waals surface area contributed by atoms with E-state index in [-0.39, 0.29) is 41.7 Å². The molecule has 3 heterocycles. The topological polar surface area (TPSA) is 79.5 Å². The first-order valence-electron chi connectivity index (χ1n) is 13.4. The van der Waals surface area contributed by atoms with Gasteiger partial charge in [0.1, 0.15) is 6.10 Å². The molecule has 0 aromatic heterocycles. The molecule has 2 saturated heterocycles. The summed E-state index contributed by atoms with van der Waals surface area (Å²) in [4.78, 5) is 16.3. The Kier molecular flexibility index (Phi) is 6.86. The molecule has 1 aliphatic carbocycles. The Bertz CT molecular complexity index is 1150. The van der Waals surface area contributed by atoms with E-state index in [0.29, 0.717) is 37.4 Å². The SMILES string of the molecule is CC(C)OC1OC1CN1C2=C(C(=O)CC(C)(C)C2)C(Cc2ccccc2S(=O)(=O)N2CCCC2)C1C. The minimum Gasteiger partial charge on any atom is -0.368 e. The van der Waals surface area contributed by atoms with Gasteiger partial charge in [0.15, 0.2) is 12.1 Å². The zero-order valence-electron chi connectivity index (χ0n) is 22.2. The summed E-state index contributed by atoms with van der Waals surface area (Å²) >= 11 is 0. The zero-order valence-corrected chi connectivity index (χ0v) is 23.0. The van der Waals surface area contributed by atoms with Crippen LogP contribution in [-0.4, -0.2) is 67.6 Å². The summed E-state index contributed by atoms with van der Waals surface area (Å²) < 4.78 is 40.2. The van der Waals surface area contributed by atoms with Crippen LogP contribution in [-0.2, 0) is 30.7 Å². The second-order valence-corrected chi connectivity index (χ2v) is 13.9. The van der Waals surface area contributed by atoms with Crippen molar-refractivity contribution in [1.82, 2.24) is 9.21 Å². The molecule has 0 N–H and O–H groups in total. The van der Waals surface area contributed by atoms with Crippen LogP contribution in [0.3, 0.4) is 0 Å². The third-order valence-electron chi connectivity index (χ3n) is 8.10. The molecule has 3 aliphatic heterocycles. The second kappa shape index (κ2) is 9.53. The molecule has 7 nitrogen and oxygen atoms in total. The van der Waals surface area contributed by atoms with Gasteiger partial charge in [-0.1, -0.05) is 32.0 Å². The highest BCUT2D eigenvalue weighted by Crippen LogP contribution is 2.48. The molecule has 1 aromatic rings. The maximum absolute atomic E-state index is 13.5. The van der Waals surface area contributed by atoms with Gasteiger partial charge in [-0.15, -0.1) is 0 Å². The van der Waals surface area contributed by atoms with Crippen LogP contribution in [0.4, 0.5) is 0 Å². The number of ether oxygens (including phenoxy) is 2. The van der Waals surface area contributed by atoms with E-state index in [2.05, 4.69) is 25.7 Å². The average Bonchev–Trinajstić information content (AvgIpc) is 3.17. The van der Waals surface area contributed by atoms with E-state index in [4.69, 9.17) is 9.47 Å². The van der Waals surface area contributed by atoms with Gasteiger partial charge in [0.05, 0.1) is 11.0 Å². The maximum Gasteiger partial charge on any atom is 0.243 e. The third-order valence-corrected chi connectivity index (χ3v) is 10.1. The molecule has 4 unspecified atom stereocenters. The average molecular weight is 517 g/mol. The van der Waals surface area contributed by atoms with Crippen LogP contribution in [0.5, 0.6) is 0 Å². The van der Waals surface area contributed by atoms with E-state index in [1.54, 1.807) is 16.4 Å². The second-order valence-electron chi connectivity index (χ2n) is 12.0. The fourth-order valence-electron chi connectivity index (χ4n) is 6.30. The Balaban J connectivity index is 1.45. The highest BCUT2D eigenvalue weighted by Gasteiger charge is 2.50. The van der Waals surface area contributed by atoms with Gasteiger partial charge in [-0.05, 0) is 63.5 Å². The summed E-state index contributed by atoms with van der Waals surface area (Å²) in [5.74, 6) is 0.147. The lowest BCUT2D eigenvalue weighted by atomic mass is 9.73. The van der Waals surface area contributed by atoms with Crippen LogP contribution in [0.15, 0.2) is 40.4 Å². The third kappa shape index (κ3) is 4.89. The number of epoxide rings is 1. The van der Waals surface area contributed by atoms with Crippen LogP contribution >= 0.6 is 0 Å². The number of carbonyl (C=O) groups is 1. The van der Waals surface area contributed by atoms with Crippen molar-refractivity contribution in [3.05, 3.63) is 41.1 Å². The molecule has 8 heteroatoms. The zero-order chi connectivity index (χ0) is 25.8. The van der Waals surface area contributed by atoms with Crippen molar-refractivity contribution in [3.63, 3.8) is 0 Å². The van der Waals surface area contributed by atoms with E-state index >= 15 is 0 Å². The minimum atomic E-state index is -3.55. The number of carbonyl (C=O) groups excluding carboxylic acids is 1. The number of hydrogen-bond donors (Lipinski definition) is 0. The molecule has 198 valence electrons. The largest absolute Gasteiger partial charge is 0.368 e. The van der Waals surface area contributed by atoms with Crippen LogP contribution in [0.1, 0.15) is 65.9 Å². The summed E-state index contributed by atoms with van der Waals surface area (Å²) in [6.45, 7) is 12.3. The van der Waals surface area contributed by atoms with Crippen molar-refractivity contribution in [3.8, 4) is 0 Å². The normalized spacial score (nSPS) is 30.4. The van der Waals surface area contributed by atoms with Gasteiger partial charge in [0.25, 0.3) is 0 Å². The van der Waals surface area contributed by atoms with Crippen LogP contribution in [0.2, 0.25) is 0 Å². The number of benzene rings is 1. The fourth-order valence-corrected chi connectivity index (χ4v) is 8.05. The maximum atomic E-state index is 13.5. The van der Waals surface area contributed by atoms with E-state index in [1.165, 1.54) is 0 Å². The Morgan fingerprint density at radius 3 is 2.53 bits per heavy atom. The van der Waals surface area contributed by atoms with Gasteiger partial charge in [-0.3, -0.25) is 4.79 Å². The number of ketones is 1. The lowest BCUT2D eigenvalue weighted by Gasteiger charge is -2.34. The van der Waals surface area contributed by atoms with Gasteiger partial charge in [-0.2, -0.15) is 4.31 Å². The highest BCUT2D eigenvalue weighted by atomic mass is 32.2.